The molecule has 0 radical (unpaired) electrons. The highest BCUT2D eigenvalue weighted by atomic mass is 32.2. The van der Waals surface area contributed by atoms with Gasteiger partial charge in [0.15, 0.2) is 0 Å². The minimum atomic E-state index is -3.74. The van der Waals surface area contributed by atoms with Crippen molar-refractivity contribution in [1.82, 2.24) is 14.2 Å². The van der Waals surface area contributed by atoms with E-state index in [9.17, 15) is 17.6 Å². The lowest BCUT2D eigenvalue weighted by atomic mass is 10.1. The van der Waals surface area contributed by atoms with Gasteiger partial charge >= 0.3 is 0 Å². The molecule has 0 aliphatic carbocycles. The van der Waals surface area contributed by atoms with Gasteiger partial charge in [-0.05, 0) is 49.6 Å². The van der Waals surface area contributed by atoms with Crippen molar-refractivity contribution in [3.63, 3.8) is 0 Å². The number of carbonyl (C=O) groups is 1. The zero-order valence-corrected chi connectivity index (χ0v) is 20.3. The van der Waals surface area contributed by atoms with E-state index in [4.69, 9.17) is 0 Å². The molecule has 1 aromatic heterocycles. The molecule has 2 heterocycles. The van der Waals surface area contributed by atoms with Crippen LogP contribution >= 0.6 is 11.3 Å². The van der Waals surface area contributed by atoms with Crippen molar-refractivity contribution in [3.05, 3.63) is 70.5 Å². The summed E-state index contributed by atoms with van der Waals surface area (Å²) in [6, 6.07) is 13.0. The maximum absolute atomic E-state index is 13.3. The molecule has 0 atom stereocenters. The molecule has 1 fully saturated rings. The van der Waals surface area contributed by atoms with Gasteiger partial charge in [-0.2, -0.15) is 4.31 Å². The molecule has 3 aromatic rings. The Hall–Kier alpha value is -2.62. The standard InChI is InChI=1S/C24H26FN3O3S2/c1-3-18-5-7-19(8-6-18)23-26-17(2)22(32-23)24(29)27-13-4-14-28(16-15-27)33(30,31)21-11-9-20(25)10-12-21/h5-12H,3-4,13-16H2,1-2H3. The number of hydrogen-bond donors (Lipinski definition) is 0. The number of sulfonamides is 1. The van der Waals surface area contributed by atoms with Crippen LogP contribution in [-0.2, 0) is 16.4 Å². The van der Waals surface area contributed by atoms with E-state index in [1.807, 2.05) is 19.1 Å². The van der Waals surface area contributed by atoms with Crippen LogP contribution in [0.15, 0.2) is 53.4 Å². The van der Waals surface area contributed by atoms with Gasteiger partial charge in [0.25, 0.3) is 5.91 Å². The predicted octanol–water partition coefficient (Wildman–Crippen LogP) is 4.36. The summed E-state index contributed by atoms with van der Waals surface area (Å²) in [5.74, 6) is -0.607. The maximum atomic E-state index is 13.3. The Morgan fingerprint density at radius 2 is 1.73 bits per heavy atom. The first-order valence-corrected chi connectivity index (χ1v) is 13.2. The van der Waals surface area contributed by atoms with Gasteiger partial charge in [0.1, 0.15) is 15.7 Å². The fourth-order valence-corrected chi connectivity index (χ4v) is 6.35. The second kappa shape index (κ2) is 9.70. The van der Waals surface area contributed by atoms with E-state index in [0.29, 0.717) is 30.1 Å². The molecule has 1 saturated heterocycles. The molecule has 174 valence electrons. The quantitative estimate of drug-likeness (QED) is 0.536. The van der Waals surface area contributed by atoms with E-state index < -0.39 is 15.8 Å². The van der Waals surface area contributed by atoms with E-state index in [-0.39, 0.29) is 23.9 Å². The molecule has 33 heavy (non-hydrogen) atoms. The molecule has 9 heteroatoms. The number of aromatic nitrogens is 1. The number of amides is 1. The van der Waals surface area contributed by atoms with Crippen LogP contribution in [0.25, 0.3) is 10.6 Å². The largest absolute Gasteiger partial charge is 0.337 e. The molecule has 6 nitrogen and oxygen atoms in total. The van der Waals surface area contributed by atoms with Crippen LogP contribution in [0.3, 0.4) is 0 Å². The van der Waals surface area contributed by atoms with Gasteiger partial charge in [-0.1, -0.05) is 31.2 Å². The highest BCUT2D eigenvalue weighted by Gasteiger charge is 2.30. The summed E-state index contributed by atoms with van der Waals surface area (Å²) in [4.78, 5) is 20.2. The lowest BCUT2D eigenvalue weighted by molar-refractivity contribution is 0.0768. The van der Waals surface area contributed by atoms with Gasteiger partial charge < -0.3 is 4.90 Å². The van der Waals surface area contributed by atoms with Crippen molar-refractivity contribution >= 4 is 27.3 Å². The van der Waals surface area contributed by atoms with Crippen LogP contribution in [0.1, 0.15) is 34.3 Å². The molecule has 0 saturated carbocycles. The number of rotatable bonds is 5. The molecule has 0 unspecified atom stereocenters. The first kappa shape index (κ1) is 23.5. The Morgan fingerprint density at radius 1 is 1.03 bits per heavy atom. The van der Waals surface area contributed by atoms with Crippen LogP contribution in [0.2, 0.25) is 0 Å². The number of aryl methyl sites for hydroxylation is 2. The highest BCUT2D eigenvalue weighted by Crippen LogP contribution is 2.29. The highest BCUT2D eigenvalue weighted by molar-refractivity contribution is 7.89. The van der Waals surface area contributed by atoms with E-state index in [1.54, 1.807) is 4.90 Å². The number of thiazole rings is 1. The monoisotopic (exact) mass is 487 g/mol. The van der Waals surface area contributed by atoms with Crippen molar-refractivity contribution in [2.75, 3.05) is 26.2 Å². The van der Waals surface area contributed by atoms with Crippen molar-refractivity contribution in [3.8, 4) is 10.6 Å². The number of benzene rings is 2. The zero-order chi connectivity index (χ0) is 23.6. The van der Waals surface area contributed by atoms with Crippen LogP contribution in [0.5, 0.6) is 0 Å². The van der Waals surface area contributed by atoms with Gasteiger partial charge in [-0.3, -0.25) is 4.79 Å². The summed E-state index contributed by atoms with van der Waals surface area (Å²) in [7, 11) is -3.74. The SMILES string of the molecule is CCc1ccc(-c2nc(C)c(C(=O)N3CCCN(S(=O)(=O)c4ccc(F)cc4)CC3)s2)cc1. The molecule has 4 rings (SSSR count). The number of carbonyl (C=O) groups excluding carboxylic acids is 1. The lowest BCUT2D eigenvalue weighted by Gasteiger charge is -2.21. The Morgan fingerprint density at radius 3 is 2.39 bits per heavy atom. The molecule has 1 amide bonds. The fraction of sp³-hybridized carbons (Fsp3) is 0.333. The predicted molar refractivity (Wildman–Crippen MR) is 127 cm³/mol. The third-order valence-electron chi connectivity index (χ3n) is 5.79. The smallest absolute Gasteiger partial charge is 0.265 e. The van der Waals surface area contributed by atoms with Crippen molar-refractivity contribution in [2.24, 2.45) is 0 Å². The van der Waals surface area contributed by atoms with E-state index in [0.717, 1.165) is 29.1 Å². The minimum absolute atomic E-state index is 0.0562. The summed E-state index contributed by atoms with van der Waals surface area (Å²) in [6.45, 7) is 5.18. The number of halogens is 1. The van der Waals surface area contributed by atoms with Crippen LogP contribution in [0.4, 0.5) is 4.39 Å². The van der Waals surface area contributed by atoms with E-state index in [2.05, 4.69) is 24.0 Å². The van der Waals surface area contributed by atoms with Gasteiger partial charge in [0.05, 0.1) is 10.6 Å². The van der Waals surface area contributed by atoms with E-state index in [1.165, 1.54) is 33.3 Å². The van der Waals surface area contributed by atoms with Gasteiger partial charge in [0.2, 0.25) is 10.0 Å². The summed E-state index contributed by atoms with van der Waals surface area (Å²) in [5, 5.41) is 0.800. The van der Waals surface area contributed by atoms with Gasteiger partial charge in [-0.15, -0.1) is 11.3 Å². The second-order valence-electron chi connectivity index (χ2n) is 7.99. The third kappa shape index (κ3) is 5.00. The summed E-state index contributed by atoms with van der Waals surface area (Å²) in [5.41, 5.74) is 2.90. The third-order valence-corrected chi connectivity index (χ3v) is 8.90. The zero-order valence-electron chi connectivity index (χ0n) is 18.6. The minimum Gasteiger partial charge on any atom is -0.337 e. The summed E-state index contributed by atoms with van der Waals surface area (Å²) >= 11 is 1.37. The van der Waals surface area contributed by atoms with Crippen LogP contribution in [-0.4, -0.2) is 54.7 Å². The molecular formula is C24H26FN3O3S2. The Kier molecular flexibility index (Phi) is 6.92. The molecule has 1 aliphatic heterocycles. The normalized spacial score (nSPS) is 15.4. The van der Waals surface area contributed by atoms with Crippen molar-refractivity contribution in [2.45, 2.75) is 31.6 Å². The average molecular weight is 488 g/mol. The average Bonchev–Trinajstić information content (AvgIpc) is 3.03. The summed E-state index contributed by atoms with van der Waals surface area (Å²) < 4.78 is 40.5. The van der Waals surface area contributed by atoms with Crippen molar-refractivity contribution in [1.29, 1.82) is 0 Å². The molecule has 0 bridgehead atoms. The van der Waals surface area contributed by atoms with Crippen LogP contribution < -0.4 is 0 Å². The topological polar surface area (TPSA) is 70.6 Å². The lowest BCUT2D eigenvalue weighted by Crippen LogP contribution is -2.37. The first-order valence-electron chi connectivity index (χ1n) is 10.9. The molecule has 1 aliphatic rings. The fourth-order valence-electron chi connectivity index (χ4n) is 3.84. The number of hydrogen-bond acceptors (Lipinski definition) is 5. The van der Waals surface area contributed by atoms with Gasteiger partial charge in [-0.25, -0.2) is 17.8 Å². The number of nitrogens with zero attached hydrogens (tertiary/aromatic N) is 3. The van der Waals surface area contributed by atoms with Crippen LogP contribution in [0, 0.1) is 12.7 Å². The maximum Gasteiger partial charge on any atom is 0.265 e. The second-order valence-corrected chi connectivity index (χ2v) is 10.9. The van der Waals surface area contributed by atoms with Crippen molar-refractivity contribution < 1.29 is 17.6 Å². The molecule has 0 N–H and O–H groups in total. The molecular weight excluding hydrogens is 461 g/mol. The first-order chi connectivity index (χ1) is 15.8. The Balaban J connectivity index is 1.48. The Labute approximate surface area is 197 Å². The van der Waals surface area contributed by atoms with Gasteiger partial charge in [0, 0.05) is 31.7 Å². The molecule has 0 spiro atoms. The Bertz CT molecular complexity index is 1240. The van der Waals surface area contributed by atoms with E-state index >= 15 is 0 Å². The molecule has 2 aromatic carbocycles. The summed E-state index contributed by atoms with van der Waals surface area (Å²) in [6.07, 6.45) is 1.49.